The maximum atomic E-state index is 14.5. The number of benzene rings is 3. The molecule has 0 amide bonds. The monoisotopic (exact) mass is 377 g/mol. The number of hydrogen-bond acceptors (Lipinski definition) is 4. The second-order valence-electron chi connectivity index (χ2n) is 6.37. The molecule has 0 aliphatic heterocycles. The van der Waals surface area contributed by atoms with E-state index in [4.69, 9.17) is 4.42 Å². The molecule has 0 aliphatic carbocycles. The van der Waals surface area contributed by atoms with Crippen molar-refractivity contribution in [1.82, 2.24) is 10.2 Å². The van der Waals surface area contributed by atoms with Crippen LogP contribution in [0.15, 0.2) is 77.2 Å². The first-order valence-electron chi connectivity index (χ1n) is 8.78. The first-order chi connectivity index (χ1) is 13.6. The molecule has 4 rings (SSSR count). The van der Waals surface area contributed by atoms with Gasteiger partial charge >= 0.3 is 0 Å². The predicted octanol–water partition coefficient (Wildman–Crippen LogP) is 5.52. The number of nitrogens with one attached hydrogen (secondary N) is 1. The number of rotatable bonds is 5. The van der Waals surface area contributed by atoms with Crippen LogP contribution in [-0.2, 0) is 0 Å². The highest BCUT2D eigenvalue weighted by atomic mass is 19.1. The Morgan fingerprint density at radius 1 is 0.893 bits per heavy atom. The first kappa shape index (κ1) is 17.9. The normalized spacial score (nSPS) is 12.0. The van der Waals surface area contributed by atoms with E-state index < -0.39 is 11.9 Å². The first-order valence-corrected chi connectivity index (χ1v) is 8.78. The molecule has 1 heterocycles. The smallest absolute Gasteiger partial charge is 0.247 e. The highest BCUT2D eigenvalue weighted by molar-refractivity contribution is 5.55. The van der Waals surface area contributed by atoms with E-state index in [1.54, 1.807) is 31.2 Å². The average molecular weight is 377 g/mol. The van der Waals surface area contributed by atoms with E-state index in [-0.39, 0.29) is 11.7 Å². The molecule has 0 saturated carbocycles. The van der Waals surface area contributed by atoms with E-state index in [2.05, 4.69) is 15.5 Å². The second kappa shape index (κ2) is 7.60. The van der Waals surface area contributed by atoms with Gasteiger partial charge in [-0.15, -0.1) is 10.2 Å². The molecule has 1 N–H and O–H groups in total. The minimum atomic E-state index is -0.727. The number of aryl methyl sites for hydroxylation is 1. The SMILES string of the molecule is Cc1cc(F)ccc1N[C@@H](c1nnc(-c2ccccc2)o1)c1ccccc1F. The summed E-state index contributed by atoms with van der Waals surface area (Å²) >= 11 is 0. The van der Waals surface area contributed by atoms with Gasteiger partial charge < -0.3 is 9.73 Å². The zero-order valence-corrected chi connectivity index (χ0v) is 15.1. The van der Waals surface area contributed by atoms with Crippen molar-refractivity contribution in [2.75, 3.05) is 5.32 Å². The lowest BCUT2D eigenvalue weighted by atomic mass is 10.0. The molecule has 3 aromatic carbocycles. The second-order valence-corrected chi connectivity index (χ2v) is 6.37. The number of halogens is 2. The Balaban J connectivity index is 1.76. The van der Waals surface area contributed by atoms with E-state index in [1.165, 1.54) is 18.2 Å². The molecule has 1 atom stereocenters. The van der Waals surface area contributed by atoms with E-state index in [0.717, 1.165) is 5.56 Å². The number of hydrogen-bond donors (Lipinski definition) is 1. The van der Waals surface area contributed by atoms with Gasteiger partial charge in [-0.2, -0.15) is 0 Å². The predicted molar refractivity (Wildman–Crippen MR) is 103 cm³/mol. The molecule has 4 aromatic rings. The summed E-state index contributed by atoms with van der Waals surface area (Å²) in [5.74, 6) is -0.184. The number of nitrogens with zero attached hydrogens (tertiary/aromatic N) is 2. The molecule has 0 unspecified atom stereocenters. The molecule has 140 valence electrons. The highest BCUT2D eigenvalue weighted by Crippen LogP contribution is 2.31. The van der Waals surface area contributed by atoms with Crippen LogP contribution in [0.1, 0.15) is 23.1 Å². The fourth-order valence-corrected chi connectivity index (χ4v) is 2.97. The van der Waals surface area contributed by atoms with Crippen LogP contribution in [0.4, 0.5) is 14.5 Å². The standard InChI is InChI=1S/C22H17F2N3O/c1-14-13-16(23)11-12-19(14)25-20(17-9-5-6-10-18(17)24)22-27-26-21(28-22)15-7-3-2-4-8-15/h2-13,20,25H,1H3/t20-/m1/s1. The quantitative estimate of drug-likeness (QED) is 0.497. The molecule has 6 heteroatoms. The number of aromatic nitrogens is 2. The summed E-state index contributed by atoms with van der Waals surface area (Å²) in [6.07, 6.45) is 0. The van der Waals surface area contributed by atoms with Crippen molar-refractivity contribution in [3.63, 3.8) is 0 Å². The van der Waals surface area contributed by atoms with Crippen molar-refractivity contribution >= 4 is 5.69 Å². The Bertz CT molecular complexity index is 1100. The van der Waals surface area contributed by atoms with Crippen LogP contribution in [0.5, 0.6) is 0 Å². The summed E-state index contributed by atoms with van der Waals surface area (Å²) in [5.41, 5.74) is 2.46. The third kappa shape index (κ3) is 3.62. The number of anilines is 1. The molecule has 1 aromatic heterocycles. The summed E-state index contributed by atoms with van der Waals surface area (Å²) < 4.78 is 33.8. The van der Waals surface area contributed by atoms with Crippen molar-refractivity contribution < 1.29 is 13.2 Å². The molecule has 0 fully saturated rings. The molecule has 0 aliphatic rings. The third-order valence-corrected chi connectivity index (χ3v) is 4.41. The molecule has 0 saturated heterocycles. The van der Waals surface area contributed by atoms with E-state index in [1.807, 2.05) is 30.3 Å². The van der Waals surface area contributed by atoms with Gasteiger partial charge in [0.2, 0.25) is 11.8 Å². The summed E-state index contributed by atoms with van der Waals surface area (Å²) in [6.45, 7) is 1.77. The van der Waals surface area contributed by atoms with Gasteiger partial charge in [0, 0.05) is 16.8 Å². The van der Waals surface area contributed by atoms with Gasteiger partial charge in [-0.1, -0.05) is 36.4 Å². The van der Waals surface area contributed by atoms with Crippen LogP contribution in [0.3, 0.4) is 0 Å². The van der Waals surface area contributed by atoms with Crippen LogP contribution in [0.2, 0.25) is 0 Å². The summed E-state index contributed by atoms with van der Waals surface area (Å²) in [6, 6.07) is 19.3. The van der Waals surface area contributed by atoms with Crippen molar-refractivity contribution in [2.45, 2.75) is 13.0 Å². The van der Waals surface area contributed by atoms with E-state index >= 15 is 0 Å². The largest absolute Gasteiger partial charge is 0.418 e. The van der Waals surface area contributed by atoms with Crippen LogP contribution in [-0.4, -0.2) is 10.2 Å². The lowest BCUT2D eigenvalue weighted by Crippen LogP contribution is -2.15. The molecule has 28 heavy (non-hydrogen) atoms. The summed E-state index contributed by atoms with van der Waals surface area (Å²) in [5, 5.41) is 11.4. The van der Waals surface area contributed by atoms with Gasteiger partial charge in [0.15, 0.2) is 0 Å². The topological polar surface area (TPSA) is 51.0 Å². The van der Waals surface area contributed by atoms with E-state index in [9.17, 15) is 8.78 Å². The van der Waals surface area contributed by atoms with Gasteiger partial charge in [-0.3, -0.25) is 0 Å². The van der Waals surface area contributed by atoms with Gasteiger partial charge in [0.1, 0.15) is 17.7 Å². The van der Waals surface area contributed by atoms with Crippen LogP contribution >= 0.6 is 0 Å². The molecule has 0 spiro atoms. The fraction of sp³-hybridized carbons (Fsp3) is 0.0909. The Kier molecular flexibility index (Phi) is 4.85. The van der Waals surface area contributed by atoms with Crippen LogP contribution in [0, 0.1) is 18.6 Å². The highest BCUT2D eigenvalue weighted by Gasteiger charge is 2.24. The van der Waals surface area contributed by atoms with Crippen LogP contribution < -0.4 is 5.32 Å². The Morgan fingerprint density at radius 2 is 1.64 bits per heavy atom. The minimum absolute atomic E-state index is 0.215. The molecular weight excluding hydrogens is 360 g/mol. The summed E-state index contributed by atoms with van der Waals surface area (Å²) in [7, 11) is 0. The zero-order valence-electron chi connectivity index (χ0n) is 15.1. The molecular formula is C22H17F2N3O. The Morgan fingerprint density at radius 3 is 2.39 bits per heavy atom. The van der Waals surface area contributed by atoms with Crippen molar-refractivity contribution in [2.24, 2.45) is 0 Å². The van der Waals surface area contributed by atoms with E-state index in [0.29, 0.717) is 22.7 Å². The average Bonchev–Trinajstić information content (AvgIpc) is 3.19. The third-order valence-electron chi connectivity index (χ3n) is 4.41. The summed E-state index contributed by atoms with van der Waals surface area (Å²) in [4.78, 5) is 0. The minimum Gasteiger partial charge on any atom is -0.418 e. The van der Waals surface area contributed by atoms with Gasteiger partial charge in [0.25, 0.3) is 0 Å². The Hall–Kier alpha value is -3.54. The van der Waals surface area contributed by atoms with Crippen LogP contribution in [0.25, 0.3) is 11.5 Å². The maximum Gasteiger partial charge on any atom is 0.247 e. The molecule has 0 radical (unpaired) electrons. The fourth-order valence-electron chi connectivity index (χ4n) is 2.97. The van der Waals surface area contributed by atoms with Crippen molar-refractivity contribution in [3.8, 4) is 11.5 Å². The lowest BCUT2D eigenvalue weighted by molar-refractivity contribution is 0.485. The van der Waals surface area contributed by atoms with Crippen molar-refractivity contribution in [1.29, 1.82) is 0 Å². The Labute approximate surface area is 160 Å². The lowest BCUT2D eigenvalue weighted by Gasteiger charge is -2.19. The van der Waals surface area contributed by atoms with Gasteiger partial charge in [0.05, 0.1) is 0 Å². The zero-order chi connectivity index (χ0) is 19.5. The molecule has 4 nitrogen and oxygen atoms in total. The van der Waals surface area contributed by atoms with Gasteiger partial charge in [-0.05, 0) is 48.9 Å². The van der Waals surface area contributed by atoms with Gasteiger partial charge in [-0.25, -0.2) is 8.78 Å². The van der Waals surface area contributed by atoms with Crippen molar-refractivity contribution in [3.05, 3.63) is 101 Å². The molecule has 0 bridgehead atoms. The maximum absolute atomic E-state index is 14.5.